The molecule has 7 heteroatoms. The smallest absolute Gasteiger partial charge is 0.310 e. The van der Waals surface area contributed by atoms with Gasteiger partial charge in [-0.15, -0.1) is 0 Å². The van der Waals surface area contributed by atoms with Crippen molar-refractivity contribution in [3.05, 3.63) is 10.4 Å². The minimum absolute atomic E-state index is 0.270. The highest BCUT2D eigenvalue weighted by Crippen LogP contribution is 1.82. The molecule has 0 saturated carbocycles. The lowest BCUT2D eigenvalue weighted by Crippen LogP contribution is -2.46. The van der Waals surface area contributed by atoms with E-state index in [2.05, 4.69) is 26.0 Å². The van der Waals surface area contributed by atoms with Crippen LogP contribution in [-0.2, 0) is 0 Å². The summed E-state index contributed by atoms with van der Waals surface area (Å²) in [6, 6.07) is -0.681. The van der Waals surface area contributed by atoms with Crippen molar-refractivity contribution in [2.75, 3.05) is 13.1 Å². The molecule has 1 saturated heterocycles. The van der Waals surface area contributed by atoms with Crippen LogP contribution in [0.4, 0.5) is 4.79 Å². The zero-order valence-corrected chi connectivity index (χ0v) is 5.74. The number of nitrogens with one attached hydrogen (secondary N) is 3. The first-order valence-electron chi connectivity index (χ1n) is 3.15. The van der Waals surface area contributed by atoms with Crippen molar-refractivity contribution in [3.8, 4) is 0 Å². The molecular weight excluding hydrogens is 148 g/mol. The monoisotopic (exact) mass is 156 g/mol. The molecular formula is C4H8N6O. The summed E-state index contributed by atoms with van der Waals surface area (Å²) < 4.78 is 0. The third-order valence-electron chi connectivity index (χ3n) is 1.23. The molecule has 7 nitrogen and oxygen atoms in total. The van der Waals surface area contributed by atoms with Crippen LogP contribution >= 0.6 is 0 Å². The SMILES string of the molecule is [N-]=[N+]=NC(=O)NC1NCCN1. The van der Waals surface area contributed by atoms with Crippen molar-refractivity contribution in [2.45, 2.75) is 6.29 Å². The molecule has 0 aromatic rings. The summed E-state index contributed by atoms with van der Waals surface area (Å²) in [6.45, 7) is 1.59. The normalized spacial score (nSPS) is 17.5. The lowest BCUT2D eigenvalue weighted by atomic mass is 10.7. The highest BCUT2D eigenvalue weighted by molar-refractivity contribution is 5.74. The molecule has 2 amide bonds. The third-order valence-corrected chi connectivity index (χ3v) is 1.23. The Bertz CT molecular complexity index is 191. The van der Waals surface area contributed by atoms with Gasteiger partial charge in [-0.1, -0.05) is 0 Å². The van der Waals surface area contributed by atoms with Crippen molar-refractivity contribution in [2.24, 2.45) is 5.11 Å². The van der Waals surface area contributed by atoms with Crippen molar-refractivity contribution in [1.82, 2.24) is 16.0 Å². The molecule has 11 heavy (non-hydrogen) atoms. The van der Waals surface area contributed by atoms with Crippen molar-refractivity contribution in [1.29, 1.82) is 0 Å². The second kappa shape index (κ2) is 3.77. The summed E-state index contributed by atoms with van der Waals surface area (Å²) in [6.07, 6.45) is -0.270. The summed E-state index contributed by atoms with van der Waals surface area (Å²) in [4.78, 5) is 12.9. The number of amides is 2. The zero-order valence-electron chi connectivity index (χ0n) is 5.74. The van der Waals surface area contributed by atoms with Crippen molar-refractivity contribution in [3.63, 3.8) is 0 Å². The van der Waals surface area contributed by atoms with Crippen LogP contribution < -0.4 is 16.0 Å². The number of urea groups is 1. The van der Waals surface area contributed by atoms with Gasteiger partial charge in [0.05, 0.1) is 0 Å². The average Bonchev–Trinajstić information content (AvgIpc) is 2.40. The third kappa shape index (κ3) is 2.42. The van der Waals surface area contributed by atoms with Gasteiger partial charge < -0.3 is 5.32 Å². The van der Waals surface area contributed by atoms with E-state index >= 15 is 0 Å². The van der Waals surface area contributed by atoms with Gasteiger partial charge in [0, 0.05) is 23.1 Å². The molecule has 1 rings (SSSR count). The molecule has 3 N–H and O–H groups in total. The summed E-state index contributed by atoms with van der Waals surface area (Å²) in [5.74, 6) is 0. The standard InChI is InChI=1S/C4H8N6O/c5-10-9-4(11)8-3-6-1-2-7-3/h3,6-7H,1-2H2,(H,8,11). The molecule has 0 atom stereocenters. The summed E-state index contributed by atoms with van der Waals surface area (Å²) in [7, 11) is 0. The lowest BCUT2D eigenvalue weighted by molar-refractivity contribution is 0.242. The summed E-state index contributed by atoms with van der Waals surface area (Å²) >= 11 is 0. The van der Waals surface area contributed by atoms with E-state index in [0.29, 0.717) is 0 Å². The van der Waals surface area contributed by atoms with E-state index in [1.54, 1.807) is 0 Å². The molecule has 1 heterocycles. The number of rotatable bonds is 1. The molecule has 0 bridgehead atoms. The molecule has 0 aromatic carbocycles. The van der Waals surface area contributed by atoms with E-state index < -0.39 is 6.03 Å². The second-order valence-corrected chi connectivity index (χ2v) is 1.98. The fraction of sp³-hybridized carbons (Fsp3) is 0.750. The van der Waals surface area contributed by atoms with Gasteiger partial charge in [-0.25, -0.2) is 0 Å². The largest absolute Gasteiger partial charge is 0.323 e. The van der Waals surface area contributed by atoms with Crippen LogP contribution in [0.3, 0.4) is 0 Å². The van der Waals surface area contributed by atoms with Crippen molar-refractivity contribution >= 4 is 6.03 Å². The minimum Gasteiger partial charge on any atom is -0.323 e. The Labute approximate surface area is 62.8 Å². The Balaban J connectivity index is 2.29. The van der Waals surface area contributed by atoms with E-state index in [-0.39, 0.29) is 6.29 Å². The van der Waals surface area contributed by atoms with E-state index in [0.717, 1.165) is 13.1 Å². The number of hydrogen-bond donors (Lipinski definition) is 3. The van der Waals surface area contributed by atoms with Gasteiger partial charge in [-0.3, -0.25) is 15.4 Å². The number of hydrogen-bond acceptors (Lipinski definition) is 3. The predicted octanol–water partition coefficient (Wildman–Crippen LogP) is -0.517. The highest BCUT2D eigenvalue weighted by Gasteiger charge is 2.13. The van der Waals surface area contributed by atoms with Gasteiger partial charge in [0.15, 0.2) is 0 Å². The second-order valence-electron chi connectivity index (χ2n) is 1.98. The average molecular weight is 156 g/mol. The molecule has 0 unspecified atom stereocenters. The highest BCUT2D eigenvalue weighted by atomic mass is 16.2. The maximum Gasteiger partial charge on any atom is 0.310 e. The first-order valence-corrected chi connectivity index (χ1v) is 3.15. The molecule has 1 fully saturated rings. The Morgan fingerprint density at radius 3 is 2.82 bits per heavy atom. The summed E-state index contributed by atoms with van der Waals surface area (Å²) in [5, 5.41) is 11.1. The maximum absolute atomic E-state index is 10.6. The van der Waals surface area contributed by atoms with Gasteiger partial charge in [0.2, 0.25) is 0 Å². The fourth-order valence-corrected chi connectivity index (χ4v) is 0.800. The van der Waals surface area contributed by atoms with E-state index in [1.807, 2.05) is 0 Å². The van der Waals surface area contributed by atoms with E-state index in [9.17, 15) is 4.79 Å². The van der Waals surface area contributed by atoms with Crippen molar-refractivity contribution < 1.29 is 4.79 Å². The van der Waals surface area contributed by atoms with Crippen LogP contribution in [-0.4, -0.2) is 25.4 Å². The molecule has 0 aromatic heterocycles. The van der Waals surface area contributed by atoms with Gasteiger partial charge in [-0.05, 0) is 5.53 Å². The van der Waals surface area contributed by atoms with Crippen LogP contribution in [0.15, 0.2) is 5.11 Å². The van der Waals surface area contributed by atoms with E-state index in [1.165, 1.54) is 0 Å². The summed E-state index contributed by atoms with van der Waals surface area (Å²) in [5.41, 5.74) is 7.87. The lowest BCUT2D eigenvalue weighted by Gasteiger charge is -2.09. The van der Waals surface area contributed by atoms with Crippen LogP contribution in [0.2, 0.25) is 0 Å². The maximum atomic E-state index is 10.6. The topological polar surface area (TPSA) is 102 Å². The van der Waals surface area contributed by atoms with Gasteiger partial charge in [-0.2, -0.15) is 0 Å². The van der Waals surface area contributed by atoms with Gasteiger partial charge >= 0.3 is 6.03 Å². The number of nitrogens with zero attached hydrogens (tertiary/aromatic N) is 3. The molecule has 1 aliphatic rings. The Hall–Kier alpha value is -1.30. The zero-order chi connectivity index (χ0) is 8.10. The quantitative estimate of drug-likeness (QED) is 0.270. The number of carbonyl (C=O) groups excluding carboxylic acids is 1. The molecule has 0 aliphatic carbocycles. The first kappa shape index (κ1) is 7.80. The van der Waals surface area contributed by atoms with Crippen LogP contribution in [0, 0.1) is 0 Å². The van der Waals surface area contributed by atoms with Crippen LogP contribution in [0.1, 0.15) is 0 Å². The molecule has 0 spiro atoms. The fourth-order valence-electron chi connectivity index (χ4n) is 0.800. The van der Waals surface area contributed by atoms with Crippen LogP contribution in [0.5, 0.6) is 0 Å². The molecule has 60 valence electrons. The number of azide groups is 1. The molecule has 0 radical (unpaired) electrons. The van der Waals surface area contributed by atoms with Gasteiger partial charge in [0.1, 0.15) is 6.29 Å². The Morgan fingerprint density at radius 1 is 1.64 bits per heavy atom. The molecule has 1 aliphatic heterocycles. The predicted molar refractivity (Wildman–Crippen MR) is 37.5 cm³/mol. The Morgan fingerprint density at radius 2 is 2.27 bits per heavy atom. The Kier molecular flexibility index (Phi) is 2.67. The van der Waals surface area contributed by atoms with Gasteiger partial charge in [0.25, 0.3) is 0 Å². The van der Waals surface area contributed by atoms with E-state index in [4.69, 9.17) is 5.53 Å². The first-order chi connectivity index (χ1) is 5.33. The minimum atomic E-state index is -0.681. The van der Waals surface area contributed by atoms with Crippen LogP contribution in [0.25, 0.3) is 10.4 Å². The number of carbonyl (C=O) groups is 1.